The van der Waals surface area contributed by atoms with E-state index in [4.69, 9.17) is 10.00 Å². The van der Waals surface area contributed by atoms with Crippen LogP contribution in [-0.4, -0.2) is 15.9 Å². The van der Waals surface area contributed by atoms with Gasteiger partial charge in [-0.1, -0.05) is 6.92 Å². The fourth-order valence-electron chi connectivity index (χ4n) is 2.59. The molecule has 0 spiro atoms. The van der Waals surface area contributed by atoms with Crippen molar-refractivity contribution in [1.82, 2.24) is 9.97 Å². The van der Waals surface area contributed by atoms with Gasteiger partial charge in [0.05, 0.1) is 17.3 Å². The van der Waals surface area contributed by atoms with Crippen LogP contribution in [0.15, 0.2) is 30.6 Å². The molecule has 1 heterocycles. The molecule has 1 unspecified atom stereocenters. The average molecular weight is 308 g/mol. The number of esters is 1. The molecule has 0 amide bonds. The number of fused-ring (bicyclic) bond motifs is 1. The molecule has 3 rings (SSSR count). The normalized spacial score (nSPS) is 15.6. The summed E-state index contributed by atoms with van der Waals surface area (Å²) in [4.78, 5) is 20.1. The second-order valence-corrected chi connectivity index (χ2v) is 5.27. The first-order chi connectivity index (χ1) is 11.2. The van der Waals surface area contributed by atoms with Gasteiger partial charge in [0.2, 0.25) is 0 Å². The number of aromatic nitrogens is 2. The second kappa shape index (κ2) is 6.44. The summed E-state index contributed by atoms with van der Waals surface area (Å²) in [5.74, 6) is 0.498. The van der Waals surface area contributed by atoms with Crippen LogP contribution >= 0.6 is 0 Å². The minimum atomic E-state index is -0.290. The van der Waals surface area contributed by atoms with Crippen LogP contribution < -0.4 is 5.32 Å². The van der Waals surface area contributed by atoms with E-state index in [0.717, 1.165) is 35.6 Å². The quantitative estimate of drug-likeness (QED) is 0.873. The number of nitriles is 1. The van der Waals surface area contributed by atoms with Crippen LogP contribution in [0.25, 0.3) is 0 Å². The fraction of sp³-hybridized carbons (Fsp3) is 0.294. The molecular formula is C17H16N4O2. The highest BCUT2D eigenvalue weighted by Gasteiger charge is 2.29. The van der Waals surface area contributed by atoms with E-state index in [0.29, 0.717) is 12.0 Å². The summed E-state index contributed by atoms with van der Waals surface area (Å²) in [5, 5.41) is 12.1. The zero-order valence-electron chi connectivity index (χ0n) is 12.7. The molecule has 1 aromatic carbocycles. The summed E-state index contributed by atoms with van der Waals surface area (Å²) < 4.78 is 5.43. The van der Waals surface area contributed by atoms with E-state index >= 15 is 0 Å². The maximum atomic E-state index is 11.5. The predicted molar refractivity (Wildman–Crippen MR) is 83.9 cm³/mol. The van der Waals surface area contributed by atoms with Gasteiger partial charge in [0.15, 0.2) is 0 Å². The lowest BCUT2D eigenvalue weighted by Gasteiger charge is -2.13. The summed E-state index contributed by atoms with van der Waals surface area (Å²) in [5.41, 5.74) is 3.21. The minimum absolute atomic E-state index is 0.219. The van der Waals surface area contributed by atoms with Crippen molar-refractivity contribution < 1.29 is 9.53 Å². The summed E-state index contributed by atoms with van der Waals surface area (Å²) in [6.45, 7) is 1.77. The maximum absolute atomic E-state index is 11.5. The Hall–Kier alpha value is -2.94. The van der Waals surface area contributed by atoms with Gasteiger partial charge in [-0.25, -0.2) is 9.97 Å². The molecule has 1 atom stereocenters. The monoisotopic (exact) mass is 308 g/mol. The first-order valence-electron chi connectivity index (χ1n) is 7.51. The van der Waals surface area contributed by atoms with Crippen molar-refractivity contribution in [1.29, 1.82) is 5.26 Å². The molecule has 0 radical (unpaired) electrons. The second-order valence-electron chi connectivity index (χ2n) is 5.27. The summed E-state index contributed by atoms with van der Waals surface area (Å²) in [6.07, 6.45) is 3.02. The Bertz CT molecular complexity index is 765. The largest absolute Gasteiger partial charge is 0.456 e. The summed E-state index contributed by atoms with van der Waals surface area (Å²) in [7, 11) is 0. The number of nitrogens with zero attached hydrogens (tertiary/aromatic N) is 3. The van der Waals surface area contributed by atoms with Gasteiger partial charge in [-0.2, -0.15) is 5.26 Å². The number of ether oxygens (including phenoxy) is 1. The summed E-state index contributed by atoms with van der Waals surface area (Å²) in [6, 6.07) is 9.24. The molecule has 6 heteroatoms. The Kier molecular flexibility index (Phi) is 4.20. The fourth-order valence-corrected chi connectivity index (χ4v) is 2.59. The molecule has 1 aliphatic rings. The third-order valence-corrected chi connectivity index (χ3v) is 3.78. The lowest BCUT2D eigenvalue weighted by Crippen LogP contribution is -2.09. The van der Waals surface area contributed by atoms with Crippen molar-refractivity contribution in [3.63, 3.8) is 0 Å². The molecular weight excluding hydrogens is 292 g/mol. The van der Waals surface area contributed by atoms with Gasteiger partial charge in [-0.05, 0) is 37.1 Å². The molecule has 2 aromatic rings. The number of carbonyl (C=O) groups is 1. The zero-order valence-corrected chi connectivity index (χ0v) is 12.7. The van der Waals surface area contributed by atoms with Gasteiger partial charge in [0, 0.05) is 17.7 Å². The number of nitrogens with one attached hydrogen (secondary N) is 1. The predicted octanol–water partition coefficient (Wildman–Crippen LogP) is 3.03. The molecule has 0 bridgehead atoms. The van der Waals surface area contributed by atoms with E-state index in [-0.39, 0.29) is 12.1 Å². The third-order valence-electron chi connectivity index (χ3n) is 3.78. The van der Waals surface area contributed by atoms with Crippen LogP contribution in [0, 0.1) is 11.3 Å². The van der Waals surface area contributed by atoms with E-state index < -0.39 is 0 Å². The Morgan fingerprint density at radius 2 is 2.17 bits per heavy atom. The van der Waals surface area contributed by atoms with Crippen LogP contribution in [0.2, 0.25) is 0 Å². The van der Waals surface area contributed by atoms with Gasteiger partial charge < -0.3 is 10.1 Å². The topological polar surface area (TPSA) is 87.9 Å². The highest BCUT2D eigenvalue weighted by Crippen LogP contribution is 2.36. The maximum Gasteiger partial charge on any atom is 0.306 e. The third kappa shape index (κ3) is 3.14. The molecule has 1 aromatic heterocycles. The van der Waals surface area contributed by atoms with Crippen LogP contribution in [0.4, 0.5) is 11.5 Å². The van der Waals surface area contributed by atoms with Crippen molar-refractivity contribution in [3.05, 3.63) is 47.4 Å². The van der Waals surface area contributed by atoms with Gasteiger partial charge >= 0.3 is 5.97 Å². The van der Waals surface area contributed by atoms with Crippen molar-refractivity contribution in [2.24, 2.45) is 0 Å². The number of rotatable bonds is 4. The van der Waals surface area contributed by atoms with Crippen LogP contribution in [-0.2, 0) is 16.0 Å². The van der Waals surface area contributed by atoms with Gasteiger partial charge in [0.1, 0.15) is 18.2 Å². The van der Waals surface area contributed by atoms with Crippen LogP contribution in [0.5, 0.6) is 0 Å². The lowest BCUT2D eigenvalue weighted by atomic mass is 10.2. The molecule has 6 nitrogen and oxygen atoms in total. The number of carbonyl (C=O) groups excluding carboxylic acids is 1. The molecule has 1 aliphatic carbocycles. The zero-order chi connectivity index (χ0) is 16.2. The van der Waals surface area contributed by atoms with Gasteiger partial charge in [-0.15, -0.1) is 0 Å². The molecule has 0 fully saturated rings. The number of hydrogen-bond acceptors (Lipinski definition) is 6. The molecule has 1 N–H and O–H groups in total. The smallest absolute Gasteiger partial charge is 0.306 e. The number of anilines is 2. The van der Waals surface area contributed by atoms with Gasteiger partial charge in [0.25, 0.3) is 0 Å². The Labute approximate surface area is 134 Å². The molecule has 23 heavy (non-hydrogen) atoms. The molecule has 116 valence electrons. The molecule has 0 saturated carbocycles. The van der Waals surface area contributed by atoms with E-state index in [2.05, 4.69) is 21.4 Å². The highest BCUT2D eigenvalue weighted by atomic mass is 16.5. The minimum Gasteiger partial charge on any atom is -0.456 e. The lowest BCUT2D eigenvalue weighted by molar-refractivity contribution is -0.149. The Balaban J connectivity index is 1.82. The van der Waals surface area contributed by atoms with E-state index in [1.165, 1.54) is 6.33 Å². The standard InChI is InChI=1S/C17H16N4O2/c1-2-15(22)23-14-8-7-13-16(14)19-10-20-17(13)21-12-5-3-11(9-18)4-6-12/h3-6,10,14H,2,7-8H2,1H3,(H,19,20,21). The van der Waals surface area contributed by atoms with E-state index in [1.807, 2.05) is 12.1 Å². The molecule has 0 aliphatic heterocycles. The van der Waals surface area contributed by atoms with Crippen LogP contribution in [0.3, 0.4) is 0 Å². The van der Waals surface area contributed by atoms with E-state index in [1.54, 1.807) is 19.1 Å². The highest BCUT2D eigenvalue weighted by molar-refractivity contribution is 5.69. The van der Waals surface area contributed by atoms with Gasteiger partial charge in [-0.3, -0.25) is 4.79 Å². The Morgan fingerprint density at radius 3 is 2.87 bits per heavy atom. The summed E-state index contributed by atoms with van der Waals surface area (Å²) >= 11 is 0. The Morgan fingerprint density at radius 1 is 1.39 bits per heavy atom. The van der Waals surface area contributed by atoms with Crippen molar-refractivity contribution >= 4 is 17.5 Å². The van der Waals surface area contributed by atoms with Crippen molar-refractivity contribution in [2.75, 3.05) is 5.32 Å². The first-order valence-corrected chi connectivity index (χ1v) is 7.51. The van der Waals surface area contributed by atoms with Crippen LogP contribution in [0.1, 0.15) is 42.7 Å². The number of benzene rings is 1. The molecule has 0 saturated heterocycles. The first kappa shape index (κ1) is 15.0. The average Bonchev–Trinajstić information content (AvgIpc) is 2.99. The van der Waals surface area contributed by atoms with Crippen molar-refractivity contribution in [3.8, 4) is 6.07 Å². The van der Waals surface area contributed by atoms with E-state index in [9.17, 15) is 4.79 Å². The number of hydrogen-bond donors (Lipinski definition) is 1. The SMILES string of the molecule is CCC(=O)OC1CCc2c(Nc3ccc(C#N)cc3)ncnc21. The van der Waals surface area contributed by atoms with Crippen molar-refractivity contribution in [2.45, 2.75) is 32.3 Å².